The van der Waals surface area contributed by atoms with Crippen molar-refractivity contribution in [2.24, 2.45) is 10.2 Å². The fraction of sp³-hybridized carbons (Fsp3) is 0.0588. The van der Waals surface area contributed by atoms with Crippen molar-refractivity contribution in [3.05, 3.63) is 75.2 Å². The Labute approximate surface area is 147 Å². The van der Waals surface area contributed by atoms with Gasteiger partial charge in [-0.2, -0.15) is 5.11 Å². The van der Waals surface area contributed by atoms with Crippen LogP contribution in [0.3, 0.4) is 0 Å². The Balaban J connectivity index is 1.95. The number of rotatable bonds is 4. The van der Waals surface area contributed by atoms with Crippen molar-refractivity contribution < 1.29 is 9.90 Å². The fourth-order valence-corrected chi connectivity index (χ4v) is 2.46. The van der Waals surface area contributed by atoms with E-state index in [0.717, 1.165) is 0 Å². The van der Waals surface area contributed by atoms with Crippen LogP contribution < -0.4 is 5.56 Å². The third kappa shape index (κ3) is 3.36. The second-order valence-electron chi connectivity index (χ2n) is 5.23. The highest BCUT2D eigenvalue weighted by molar-refractivity contribution is 6.32. The first-order valence-corrected chi connectivity index (χ1v) is 7.67. The van der Waals surface area contributed by atoms with Crippen molar-refractivity contribution >= 4 is 28.9 Å². The number of azo groups is 1. The van der Waals surface area contributed by atoms with Gasteiger partial charge in [-0.05, 0) is 43.3 Å². The van der Waals surface area contributed by atoms with Crippen LogP contribution in [0.5, 0.6) is 0 Å². The quantitative estimate of drug-likeness (QED) is 0.683. The van der Waals surface area contributed by atoms with Crippen LogP contribution in [0, 0.1) is 6.92 Å². The smallest absolute Gasteiger partial charge is 0.335 e. The Morgan fingerprint density at radius 1 is 1.12 bits per heavy atom. The van der Waals surface area contributed by atoms with Crippen LogP contribution in [0.1, 0.15) is 16.1 Å². The summed E-state index contributed by atoms with van der Waals surface area (Å²) in [7, 11) is 0. The van der Waals surface area contributed by atoms with Crippen molar-refractivity contribution in [3.8, 4) is 5.69 Å². The standard InChI is InChI=1S/C17H13ClN4O3/c1-10-15(20-19-12-8-6-11(7-9-12)17(24)25)16(23)22(21-10)14-5-3-2-4-13(14)18/h2-9,21H,1H3,(H,24,25). The van der Waals surface area contributed by atoms with Crippen LogP contribution in [0.15, 0.2) is 63.6 Å². The lowest BCUT2D eigenvalue weighted by atomic mass is 10.2. The third-order valence-electron chi connectivity index (χ3n) is 3.51. The van der Waals surface area contributed by atoms with Crippen LogP contribution in [0.2, 0.25) is 5.02 Å². The van der Waals surface area contributed by atoms with E-state index >= 15 is 0 Å². The second kappa shape index (κ2) is 6.74. The van der Waals surface area contributed by atoms with Gasteiger partial charge in [0.05, 0.1) is 27.7 Å². The maximum Gasteiger partial charge on any atom is 0.335 e. The topological polar surface area (TPSA) is 99.8 Å². The van der Waals surface area contributed by atoms with Gasteiger partial charge in [-0.1, -0.05) is 23.7 Å². The largest absolute Gasteiger partial charge is 0.478 e. The van der Waals surface area contributed by atoms with Crippen molar-refractivity contribution in [3.63, 3.8) is 0 Å². The molecule has 0 amide bonds. The van der Waals surface area contributed by atoms with Crippen LogP contribution in [0.25, 0.3) is 5.69 Å². The molecular formula is C17H13ClN4O3. The molecule has 0 aliphatic heterocycles. The van der Waals surface area contributed by atoms with Crippen LogP contribution >= 0.6 is 11.6 Å². The summed E-state index contributed by atoms with van der Waals surface area (Å²) in [6, 6.07) is 12.8. The highest BCUT2D eigenvalue weighted by atomic mass is 35.5. The molecule has 0 radical (unpaired) electrons. The Morgan fingerprint density at radius 3 is 2.44 bits per heavy atom. The molecule has 3 aromatic rings. The molecular weight excluding hydrogens is 344 g/mol. The zero-order chi connectivity index (χ0) is 18.0. The number of carboxylic acid groups (broad SMARTS) is 1. The van der Waals surface area contributed by atoms with E-state index in [1.54, 1.807) is 31.2 Å². The maximum atomic E-state index is 12.5. The van der Waals surface area contributed by atoms with Gasteiger partial charge in [0, 0.05) is 0 Å². The summed E-state index contributed by atoms with van der Waals surface area (Å²) in [4.78, 5) is 23.4. The van der Waals surface area contributed by atoms with Crippen molar-refractivity contribution in [2.75, 3.05) is 0 Å². The number of carboxylic acids is 1. The van der Waals surface area contributed by atoms with E-state index in [2.05, 4.69) is 15.3 Å². The second-order valence-corrected chi connectivity index (χ2v) is 5.64. The van der Waals surface area contributed by atoms with E-state index < -0.39 is 5.97 Å². The molecule has 0 saturated carbocycles. The summed E-state index contributed by atoms with van der Waals surface area (Å²) in [6.07, 6.45) is 0. The third-order valence-corrected chi connectivity index (χ3v) is 3.83. The number of aromatic amines is 1. The number of carbonyl (C=O) groups is 1. The van der Waals surface area contributed by atoms with Crippen LogP contribution in [-0.2, 0) is 0 Å². The van der Waals surface area contributed by atoms with E-state index in [0.29, 0.717) is 22.1 Å². The Bertz CT molecular complexity index is 1020. The number of aromatic carboxylic acids is 1. The number of aromatic nitrogens is 2. The van der Waals surface area contributed by atoms with Gasteiger partial charge in [-0.3, -0.25) is 9.89 Å². The molecule has 0 bridgehead atoms. The summed E-state index contributed by atoms with van der Waals surface area (Å²) in [5, 5.41) is 20.2. The Morgan fingerprint density at radius 2 is 1.80 bits per heavy atom. The summed E-state index contributed by atoms with van der Waals surface area (Å²) in [6.45, 7) is 1.70. The average molecular weight is 357 g/mol. The van der Waals surface area contributed by atoms with Gasteiger partial charge >= 0.3 is 5.97 Å². The molecule has 0 fully saturated rings. The fourth-order valence-electron chi connectivity index (χ4n) is 2.24. The average Bonchev–Trinajstić information content (AvgIpc) is 2.88. The molecule has 2 N–H and O–H groups in total. The molecule has 0 spiro atoms. The lowest BCUT2D eigenvalue weighted by Crippen LogP contribution is -2.14. The Kier molecular flexibility index (Phi) is 4.49. The van der Waals surface area contributed by atoms with Gasteiger partial charge in [-0.25, -0.2) is 9.48 Å². The summed E-state index contributed by atoms with van der Waals surface area (Å²) < 4.78 is 1.31. The molecule has 7 nitrogen and oxygen atoms in total. The molecule has 0 atom stereocenters. The van der Waals surface area contributed by atoms with Crippen molar-refractivity contribution in [1.82, 2.24) is 9.78 Å². The molecule has 0 unspecified atom stereocenters. The molecule has 1 aromatic heterocycles. The normalized spacial score (nSPS) is 11.1. The van der Waals surface area contributed by atoms with Gasteiger partial charge in [0.25, 0.3) is 5.56 Å². The number of nitrogens with one attached hydrogen (secondary N) is 1. The molecule has 8 heteroatoms. The number of para-hydroxylation sites is 1. The van der Waals surface area contributed by atoms with Gasteiger partial charge in [0.2, 0.25) is 0 Å². The number of hydrogen-bond donors (Lipinski definition) is 2. The van der Waals surface area contributed by atoms with E-state index in [-0.39, 0.29) is 16.8 Å². The van der Waals surface area contributed by atoms with E-state index in [9.17, 15) is 9.59 Å². The van der Waals surface area contributed by atoms with Crippen LogP contribution in [0.4, 0.5) is 11.4 Å². The van der Waals surface area contributed by atoms with Gasteiger partial charge < -0.3 is 5.11 Å². The van der Waals surface area contributed by atoms with Gasteiger partial charge in [-0.15, -0.1) is 5.11 Å². The minimum absolute atomic E-state index is 0.151. The number of nitrogens with zero attached hydrogens (tertiary/aromatic N) is 3. The monoisotopic (exact) mass is 356 g/mol. The molecule has 126 valence electrons. The van der Waals surface area contributed by atoms with E-state index in [4.69, 9.17) is 16.7 Å². The first-order valence-electron chi connectivity index (χ1n) is 7.29. The molecule has 2 aromatic carbocycles. The lowest BCUT2D eigenvalue weighted by molar-refractivity contribution is 0.0697. The predicted molar refractivity (Wildman–Crippen MR) is 93.7 cm³/mol. The summed E-state index contributed by atoms with van der Waals surface area (Å²) >= 11 is 6.12. The molecule has 0 aliphatic carbocycles. The molecule has 25 heavy (non-hydrogen) atoms. The minimum Gasteiger partial charge on any atom is -0.478 e. The zero-order valence-electron chi connectivity index (χ0n) is 13.1. The number of benzene rings is 2. The highest BCUT2D eigenvalue weighted by Gasteiger charge is 2.13. The zero-order valence-corrected chi connectivity index (χ0v) is 13.9. The van der Waals surface area contributed by atoms with Gasteiger partial charge in [0.1, 0.15) is 0 Å². The van der Waals surface area contributed by atoms with E-state index in [1.165, 1.54) is 28.9 Å². The predicted octanol–water partition coefficient (Wildman–Crippen LogP) is 4.24. The van der Waals surface area contributed by atoms with Gasteiger partial charge in [0.15, 0.2) is 5.69 Å². The molecule has 0 saturated heterocycles. The first-order chi connectivity index (χ1) is 12.0. The number of halogens is 1. The van der Waals surface area contributed by atoms with E-state index in [1.807, 2.05) is 0 Å². The lowest BCUT2D eigenvalue weighted by Gasteiger charge is -2.02. The van der Waals surface area contributed by atoms with Crippen molar-refractivity contribution in [1.29, 1.82) is 0 Å². The van der Waals surface area contributed by atoms with Crippen molar-refractivity contribution in [2.45, 2.75) is 6.92 Å². The highest BCUT2D eigenvalue weighted by Crippen LogP contribution is 2.22. The first kappa shape index (κ1) is 16.7. The molecule has 1 heterocycles. The SMILES string of the molecule is Cc1[nH]n(-c2ccccc2Cl)c(=O)c1N=Nc1ccc(C(=O)O)cc1. The summed E-state index contributed by atoms with van der Waals surface area (Å²) in [5.74, 6) is -1.02. The molecule has 0 aliphatic rings. The Hall–Kier alpha value is -3.19. The maximum absolute atomic E-state index is 12.5. The summed E-state index contributed by atoms with van der Waals surface area (Å²) in [5.41, 5.74) is 1.42. The number of aryl methyl sites for hydroxylation is 1. The minimum atomic E-state index is -1.02. The number of H-pyrrole nitrogens is 1. The molecule has 3 rings (SSSR count). The number of hydrogen-bond acceptors (Lipinski definition) is 4. The van der Waals surface area contributed by atoms with Crippen LogP contribution in [-0.4, -0.2) is 20.9 Å².